The lowest BCUT2D eigenvalue weighted by Gasteiger charge is -2.09. The van der Waals surface area contributed by atoms with Gasteiger partial charge in [-0.2, -0.15) is 5.10 Å². The fraction of sp³-hybridized carbons (Fsp3) is 0.217. The van der Waals surface area contributed by atoms with Gasteiger partial charge in [-0.1, -0.05) is 25.5 Å². The van der Waals surface area contributed by atoms with Crippen LogP contribution in [0.3, 0.4) is 0 Å². The lowest BCUT2D eigenvalue weighted by atomic mass is 10.2. The smallest absolute Gasteiger partial charge is 0.338 e. The highest BCUT2D eigenvalue weighted by atomic mass is 16.5. The molecule has 154 valence electrons. The van der Waals surface area contributed by atoms with Crippen LogP contribution in [0.1, 0.15) is 46.2 Å². The van der Waals surface area contributed by atoms with Crippen molar-refractivity contribution in [1.29, 1.82) is 0 Å². The molecular weight excluding hydrogens is 382 g/mol. The molecule has 1 N–H and O–H groups in total. The number of ether oxygens (including phenoxy) is 1. The zero-order valence-corrected chi connectivity index (χ0v) is 16.9. The van der Waals surface area contributed by atoms with E-state index in [-0.39, 0.29) is 5.69 Å². The maximum Gasteiger partial charge on any atom is 0.338 e. The second-order valence-corrected chi connectivity index (χ2v) is 6.83. The van der Waals surface area contributed by atoms with Gasteiger partial charge in [0.25, 0.3) is 5.91 Å². The van der Waals surface area contributed by atoms with Crippen molar-refractivity contribution in [3.63, 3.8) is 0 Å². The average Bonchev–Trinajstić information content (AvgIpc) is 2.74. The first-order valence-electron chi connectivity index (χ1n) is 9.73. The predicted molar refractivity (Wildman–Crippen MR) is 114 cm³/mol. The summed E-state index contributed by atoms with van der Waals surface area (Å²) in [7, 11) is 0. The number of hydrogen-bond acceptors (Lipinski definition) is 5. The van der Waals surface area contributed by atoms with E-state index in [1.165, 1.54) is 16.9 Å². The number of benzene rings is 2. The van der Waals surface area contributed by atoms with Gasteiger partial charge in [0, 0.05) is 18.0 Å². The van der Waals surface area contributed by atoms with E-state index in [2.05, 4.69) is 10.4 Å². The molecule has 30 heavy (non-hydrogen) atoms. The first-order valence-corrected chi connectivity index (χ1v) is 9.73. The Morgan fingerprint density at radius 2 is 1.87 bits per heavy atom. The number of carbonyl (C=O) groups excluding carboxylic acids is 2. The van der Waals surface area contributed by atoms with Crippen molar-refractivity contribution in [3.05, 3.63) is 87.8 Å². The van der Waals surface area contributed by atoms with Gasteiger partial charge < -0.3 is 10.1 Å². The SMILES string of the molecule is CCCCOC(=O)c1ccc(NC(=O)c2nn(-c3cccc(C)c3)ccc2=O)cc1. The van der Waals surface area contributed by atoms with E-state index >= 15 is 0 Å². The molecule has 1 heterocycles. The quantitative estimate of drug-likeness (QED) is 0.478. The Bertz CT molecular complexity index is 1100. The lowest BCUT2D eigenvalue weighted by molar-refractivity contribution is 0.0499. The fourth-order valence-electron chi connectivity index (χ4n) is 2.75. The number of esters is 1. The van der Waals surface area contributed by atoms with Gasteiger partial charge in [0.05, 0.1) is 17.9 Å². The molecule has 0 aliphatic heterocycles. The first kappa shape index (κ1) is 21.0. The molecule has 0 atom stereocenters. The molecular formula is C23H23N3O4. The number of carbonyl (C=O) groups is 2. The van der Waals surface area contributed by atoms with Crippen molar-refractivity contribution in [2.24, 2.45) is 0 Å². The third-order valence-electron chi connectivity index (χ3n) is 4.40. The molecule has 0 unspecified atom stereocenters. The standard InChI is InChI=1S/C23H23N3O4/c1-3-4-14-30-23(29)17-8-10-18(11-9-17)24-22(28)21-20(27)12-13-26(25-21)19-7-5-6-16(2)15-19/h5-13,15H,3-4,14H2,1-2H3,(H,24,28). The highest BCUT2D eigenvalue weighted by molar-refractivity contribution is 6.03. The molecule has 2 aromatic carbocycles. The molecule has 0 spiro atoms. The molecule has 0 saturated carbocycles. The molecule has 0 radical (unpaired) electrons. The number of nitrogens with zero attached hydrogens (tertiary/aromatic N) is 2. The molecule has 7 nitrogen and oxygen atoms in total. The van der Waals surface area contributed by atoms with Crippen LogP contribution < -0.4 is 10.7 Å². The van der Waals surface area contributed by atoms with E-state index in [9.17, 15) is 14.4 Å². The number of unbranched alkanes of at least 4 members (excludes halogenated alkanes) is 1. The highest BCUT2D eigenvalue weighted by Gasteiger charge is 2.14. The van der Waals surface area contributed by atoms with Crippen LogP contribution in [0.25, 0.3) is 5.69 Å². The molecule has 3 aromatic rings. The summed E-state index contributed by atoms with van der Waals surface area (Å²) in [6, 6.07) is 15.1. The summed E-state index contributed by atoms with van der Waals surface area (Å²) in [6.07, 6.45) is 3.27. The van der Waals surface area contributed by atoms with E-state index in [1.807, 2.05) is 38.1 Å². The number of anilines is 1. The second-order valence-electron chi connectivity index (χ2n) is 6.83. The minimum absolute atomic E-state index is 0.220. The van der Waals surface area contributed by atoms with Crippen molar-refractivity contribution >= 4 is 17.6 Å². The normalized spacial score (nSPS) is 10.5. The Labute approximate surface area is 174 Å². The summed E-state index contributed by atoms with van der Waals surface area (Å²) in [4.78, 5) is 36.7. The number of aryl methyl sites for hydroxylation is 1. The van der Waals surface area contributed by atoms with Crippen molar-refractivity contribution in [1.82, 2.24) is 9.78 Å². The summed E-state index contributed by atoms with van der Waals surface area (Å²) < 4.78 is 6.64. The van der Waals surface area contributed by atoms with Crippen LogP contribution in [0.2, 0.25) is 0 Å². The summed E-state index contributed by atoms with van der Waals surface area (Å²) >= 11 is 0. The average molecular weight is 405 g/mol. The van der Waals surface area contributed by atoms with Crippen molar-refractivity contribution in [2.45, 2.75) is 26.7 Å². The minimum Gasteiger partial charge on any atom is -0.462 e. The Morgan fingerprint density at radius 3 is 2.57 bits per heavy atom. The molecule has 1 aromatic heterocycles. The fourth-order valence-corrected chi connectivity index (χ4v) is 2.75. The molecule has 1 amide bonds. The minimum atomic E-state index is -0.625. The van der Waals surface area contributed by atoms with Crippen LogP contribution >= 0.6 is 0 Å². The van der Waals surface area contributed by atoms with Crippen LogP contribution in [0.5, 0.6) is 0 Å². The van der Waals surface area contributed by atoms with Gasteiger partial charge in [-0.05, 0) is 55.3 Å². The van der Waals surface area contributed by atoms with E-state index in [1.54, 1.807) is 24.3 Å². The summed E-state index contributed by atoms with van der Waals surface area (Å²) in [5.41, 5.74) is 1.91. The molecule has 0 saturated heterocycles. The predicted octanol–water partition coefficient (Wildman–Crippen LogP) is 3.75. The number of rotatable bonds is 7. The zero-order valence-electron chi connectivity index (χ0n) is 16.9. The van der Waals surface area contributed by atoms with E-state index in [0.29, 0.717) is 17.9 Å². The van der Waals surface area contributed by atoms with E-state index in [0.717, 1.165) is 24.1 Å². The number of hydrogen-bond donors (Lipinski definition) is 1. The van der Waals surface area contributed by atoms with E-state index in [4.69, 9.17) is 4.74 Å². The van der Waals surface area contributed by atoms with Gasteiger partial charge in [-0.3, -0.25) is 9.59 Å². The van der Waals surface area contributed by atoms with Gasteiger partial charge in [0.15, 0.2) is 5.69 Å². The van der Waals surface area contributed by atoms with Crippen LogP contribution in [0, 0.1) is 6.92 Å². The van der Waals surface area contributed by atoms with Gasteiger partial charge in [-0.25, -0.2) is 9.48 Å². The monoisotopic (exact) mass is 405 g/mol. The molecule has 0 aliphatic carbocycles. The zero-order chi connectivity index (χ0) is 21.5. The highest BCUT2D eigenvalue weighted by Crippen LogP contribution is 2.12. The molecule has 0 fully saturated rings. The maximum absolute atomic E-state index is 12.6. The summed E-state index contributed by atoms with van der Waals surface area (Å²) in [6.45, 7) is 4.34. The Morgan fingerprint density at radius 1 is 1.10 bits per heavy atom. The maximum atomic E-state index is 12.6. The molecule has 3 rings (SSSR count). The van der Waals surface area contributed by atoms with Gasteiger partial charge in [0.1, 0.15) is 0 Å². The Kier molecular flexibility index (Phi) is 6.75. The Balaban J connectivity index is 1.74. The Hall–Kier alpha value is -3.74. The van der Waals surface area contributed by atoms with Gasteiger partial charge in [-0.15, -0.1) is 0 Å². The number of nitrogens with one attached hydrogen (secondary N) is 1. The van der Waals surface area contributed by atoms with Crippen molar-refractivity contribution in [3.8, 4) is 5.69 Å². The molecule has 0 aliphatic rings. The van der Waals surface area contributed by atoms with Crippen LogP contribution in [-0.2, 0) is 4.74 Å². The lowest BCUT2D eigenvalue weighted by Crippen LogP contribution is -2.25. The first-order chi connectivity index (χ1) is 14.5. The van der Waals surface area contributed by atoms with Crippen LogP contribution in [0.15, 0.2) is 65.6 Å². The van der Waals surface area contributed by atoms with Crippen LogP contribution in [0.4, 0.5) is 5.69 Å². The van der Waals surface area contributed by atoms with Gasteiger partial charge >= 0.3 is 5.97 Å². The third kappa shape index (κ3) is 5.20. The van der Waals surface area contributed by atoms with Crippen molar-refractivity contribution in [2.75, 3.05) is 11.9 Å². The van der Waals surface area contributed by atoms with Crippen molar-refractivity contribution < 1.29 is 14.3 Å². The van der Waals surface area contributed by atoms with Crippen LogP contribution in [-0.4, -0.2) is 28.3 Å². The van der Waals surface area contributed by atoms with E-state index < -0.39 is 17.3 Å². The summed E-state index contributed by atoms with van der Waals surface area (Å²) in [5, 5.41) is 6.83. The topological polar surface area (TPSA) is 90.3 Å². The second kappa shape index (κ2) is 9.65. The number of aromatic nitrogens is 2. The molecule has 7 heteroatoms. The summed E-state index contributed by atoms with van der Waals surface area (Å²) in [5.74, 6) is -1.03. The third-order valence-corrected chi connectivity index (χ3v) is 4.40. The largest absolute Gasteiger partial charge is 0.462 e. The molecule has 0 bridgehead atoms. The number of amides is 1. The van der Waals surface area contributed by atoms with Gasteiger partial charge in [0.2, 0.25) is 5.43 Å².